The minimum atomic E-state index is 0.184. The van der Waals surface area contributed by atoms with Crippen LogP contribution >= 0.6 is 0 Å². The van der Waals surface area contributed by atoms with Gasteiger partial charge in [-0.3, -0.25) is 4.90 Å². The van der Waals surface area contributed by atoms with Crippen molar-refractivity contribution in [3.8, 4) is 11.5 Å². The van der Waals surface area contributed by atoms with Gasteiger partial charge in [0.25, 0.3) is 0 Å². The summed E-state index contributed by atoms with van der Waals surface area (Å²) in [6, 6.07) is 3.96. The first-order valence-corrected chi connectivity index (χ1v) is 8.52. The molecule has 0 aromatic heterocycles. The Morgan fingerprint density at radius 3 is 2.91 bits per heavy atom. The fraction of sp³-hybridized carbons (Fsp3) is 0.611. The zero-order chi connectivity index (χ0) is 16.4. The lowest BCUT2D eigenvalue weighted by Gasteiger charge is -2.44. The molecular weight excluding hydrogens is 292 g/mol. The average Bonchev–Trinajstić information content (AvgIpc) is 2.58. The Bertz CT molecular complexity index is 600. The lowest BCUT2D eigenvalue weighted by molar-refractivity contribution is 0.147. The molecule has 0 saturated carbocycles. The van der Waals surface area contributed by atoms with Crippen LogP contribution in [-0.2, 0) is 6.42 Å². The molecule has 0 bridgehead atoms. The van der Waals surface area contributed by atoms with E-state index in [1.54, 1.807) is 7.11 Å². The lowest BCUT2D eigenvalue weighted by atomic mass is 9.80. The fourth-order valence-electron chi connectivity index (χ4n) is 3.98. The molecule has 5 heteroatoms. The second-order valence-corrected chi connectivity index (χ2v) is 6.62. The van der Waals surface area contributed by atoms with E-state index in [2.05, 4.69) is 17.0 Å². The predicted octanol–water partition coefficient (Wildman–Crippen LogP) is 3.34. The van der Waals surface area contributed by atoms with Gasteiger partial charge in [0, 0.05) is 31.5 Å². The van der Waals surface area contributed by atoms with Crippen LogP contribution < -0.4 is 4.74 Å². The molecular formula is C18H26N2O3. The Morgan fingerprint density at radius 2 is 2.22 bits per heavy atom. The molecule has 1 aromatic carbocycles. The highest BCUT2D eigenvalue weighted by molar-refractivity contribution is 5.88. The largest absolute Gasteiger partial charge is 0.504 e. The van der Waals surface area contributed by atoms with Gasteiger partial charge < -0.3 is 15.1 Å². The minimum Gasteiger partial charge on any atom is -0.504 e. The van der Waals surface area contributed by atoms with E-state index >= 15 is 0 Å². The van der Waals surface area contributed by atoms with Crippen LogP contribution in [0.5, 0.6) is 11.5 Å². The molecule has 5 nitrogen and oxygen atoms in total. The SMILES string of the molecule is CCCCC1CN2CCc3cc(OC)c(O)cc3C2CC1=NO. The molecule has 2 aliphatic rings. The Balaban J connectivity index is 1.87. The van der Waals surface area contributed by atoms with Gasteiger partial charge in [-0.25, -0.2) is 0 Å². The Morgan fingerprint density at radius 1 is 1.39 bits per heavy atom. The summed E-state index contributed by atoms with van der Waals surface area (Å²) in [6.07, 6.45) is 5.12. The molecule has 2 unspecified atom stereocenters. The van der Waals surface area contributed by atoms with Crippen molar-refractivity contribution in [1.29, 1.82) is 0 Å². The second-order valence-electron chi connectivity index (χ2n) is 6.62. The maximum atomic E-state index is 10.1. The monoisotopic (exact) mass is 318 g/mol. The third-order valence-electron chi connectivity index (χ3n) is 5.27. The molecule has 2 aliphatic heterocycles. The quantitative estimate of drug-likeness (QED) is 0.660. The highest BCUT2D eigenvalue weighted by atomic mass is 16.5. The number of benzene rings is 1. The second kappa shape index (κ2) is 6.79. The van der Waals surface area contributed by atoms with E-state index in [4.69, 9.17) is 4.74 Å². The van der Waals surface area contributed by atoms with Crippen molar-refractivity contribution in [2.45, 2.75) is 45.1 Å². The molecule has 2 heterocycles. The Labute approximate surface area is 137 Å². The van der Waals surface area contributed by atoms with Crippen molar-refractivity contribution in [2.24, 2.45) is 11.1 Å². The number of piperidine rings is 1. The van der Waals surface area contributed by atoms with Crippen LogP contribution in [0.1, 0.15) is 49.8 Å². The first kappa shape index (κ1) is 16.1. The van der Waals surface area contributed by atoms with Crippen LogP contribution in [0.2, 0.25) is 0 Å². The van der Waals surface area contributed by atoms with E-state index in [9.17, 15) is 10.3 Å². The first-order valence-electron chi connectivity index (χ1n) is 8.52. The van der Waals surface area contributed by atoms with Crippen LogP contribution in [0.25, 0.3) is 0 Å². The minimum absolute atomic E-state index is 0.184. The van der Waals surface area contributed by atoms with Gasteiger partial charge in [-0.1, -0.05) is 24.9 Å². The van der Waals surface area contributed by atoms with Gasteiger partial charge in [0.15, 0.2) is 11.5 Å². The van der Waals surface area contributed by atoms with Crippen molar-refractivity contribution >= 4 is 5.71 Å². The van der Waals surface area contributed by atoms with Gasteiger partial charge in [-0.2, -0.15) is 0 Å². The number of rotatable bonds is 4. The van der Waals surface area contributed by atoms with Crippen molar-refractivity contribution in [3.05, 3.63) is 23.3 Å². The van der Waals surface area contributed by atoms with E-state index in [0.29, 0.717) is 11.7 Å². The summed E-state index contributed by atoms with van der Waals surface area (Å²) in [6.45, 7) is 4.14. The van der Waals surface area contributed by atoms with E-state index in [0.717, 1.165) is 56.5 Å². The number of ether oxygens (including phenoxy) is 1. The van der Waals surface area contributed by atoms with Crippen molar-refractivity contribution in [3.63, 3.8) is 0 Å². The molecule has 0 aliphatic carbocycles. The number of methoxy groups -OCH3 is 1. The zero-order valence-corrected chi connectivity index (χ0v) is 14.0. The smallest absolute Gasteiger partial charge is 0.160 e. The summed E-state index contributed by atoms with van der Waals surface area (Å²) in [4.78, 5) is 2.48. The Hall–Kier alpha value is -1.75. The van der Waals surface area contributed by atoms with Gasteiger partial charge in [0.05, 0.1) is 12.8 Å². The number of phenols is 1. The van der Waals surface area contributed by atoms with E-state index in [-0.39, 0.29) is 11.8 Å². The van der Waals surface area contributed by atoms with Gasteiger partial charge in [-0.15, -0.1) is 0 Å². The maximum absolute atomic E-state index is 10.1. The van der Waals surface area contributed by atoms with Crippen molar-refractivity contribution in [1.82, 2.24) is 4.90 Å². The summed E-state index contributed by atoms with van der Waals surface area (Å²) >= 11 is 0. The van der Waals surface area contributed by atoms with Crippen LogP contribution in [0.4, 0.5) is 0 Å². The summed E-state index contributed by atoms with van der Waals surface area (Å²) < 4.78 is 5.22. The molecule has 3 rings (SSSR count). The van der Waals surface area contributed by atoms with Crippen LogP contribution in [0.3, 0.4) is 0 Å². The molecule has 1 fully saturated rings. The Kier molecular flexibility index (Phi) is 4.76. The number of nitrogens with zero attached hydrogens (tertiary/aromatic N) is 2. The van der Waals surface area contributed by atoms with E-state index in [1.807, 2.05) is 12.1 Å². The standard InChI is InChI=1S/C18H26N2O3/c1-3-4-5-13-11-20-7-6-12-8-18(23-2)17(21)9-14(12)16(20)10-15(13)19-22/h8-9,13,16,21-22H,3-7,10-11H2,1-2H3. The molecule has 23 heavy (non-hydrogen) atoms. The number of hydrogen-bond donors (Lipinski definition) is 2. The third-order valence-corrected chi connectivity index (χ3v) is 5.27. The molecule has 0 spiro atoms. The molecule has 1 saturated heterocycles. The van der Waals surface area contributed by atoms with E-state index in [1.165, 1.54) is 5.56 Å². The van der Waals surface area contributed by atoms with Crippen molar-refractivity contribution in [2.75, 3.05) is 20.2 Å². The molecule has 0 amide bonds. The lowest BCUT2D eigenvalue weighted by Crippen LogP contribution is -2.46. The average molecular weight is 318 g/mol. The maximum Gasteiger partial charge on any atom is 0.160 e. The van der Waals surface area contributed by atoms with Crippen LogP contribution in [0, 0.1) is 5.92 Å². The molecule has 1 aromatic rings. The summed E-state index contributed by atoms with van der Waals surface area (Å²) in [5.74, 6) is 1.07. The molecule has 2 N–H and O–H groups in total. The number of aromatic hydroxyl groups is 1. The van der Waals surface area contributed by atoms with Gasteiger partial charge in [0.2, 0.25) is 0 Å². The number of phenolic OH excluding ortho intramolecular Hbond substituents is 1. The third kappa shape index (κ3) is 3.02. The summed E-state index contributed by atoms with van der Waals surface area (Å²) in [5.41, 5.74) is 3.28. The van der Waals surface area contributed by atoms with Crippen LogP contribution in [0.15, 0.2) is 17.3 Å². The van der Waals surface area contributed by atoms with Gasteiger partial charge >= 0.3 is 0 Å². The van der Waals surface area contributed by atoms with Gasteiger partial charge in [0.1, 0.15) is 0 Å². The fourth-order valence-corrected chi connectivity index (χ4v) is 3.98. The van der Waals surface area contributed by atoms with Crippen molar-refractivity contribution < 1.29 is 15.1 Å². The van der Waals surface area contributed by atoms with Gasteiger partial charge in [-0.05, 0) is 36.1 Å². The molecule has 2 atom stereocenters. The highest BCUT2D eigenvalue weighted by Crippen LogP contribution is 2.42. The normalized spacial score (nSPS) is 25.9. The highest BCUT2D eigenvalue weighted by Gasteiger charge is 2.37. The topological polar surface area (TPSA) is 65.3 Å². The number of oxime groups is 1. The molecule has 126 valence electrons. The summed E-state index contributed by atoms with van der Waals surface area (Å²) in [7, 11) is 1.58. The first-order chi connectivity index (χ1) is 11.2. The zero-order valence-electron chi connectivity index (χ0n) is 14.0. The number of unbranched alkanes of at least 4 members (excludes halogenated alkanes) is 1. The number of fused-ring (bicyclic) bond motifs is 3. The summed E-state index contributed by atoms with van der Waals surface area (Å²) in [5, 5.41) is 23.2. The van der Waals surface area contributed by atoms with Crippen LogP contribution in [-0.4, -0.2) is 41.1 Å². The predicted molar refractivity (Wildman–Crippen MR) is 89.5 cm³/mol. The van der Waals surface area contributed by atoms with E-state index < -0.39 is 0 Å². The number of hydrogen-bond acceptors (Lipinski definition) is 5. The molecule has 0 radical (unpaired) electrons.